The Hall–Kier alpha value is -2.16. The van der Waals surface area contributed by atoms with Crippen LogP contribution in [0.4, 0.5) is 0 Å². The molecule has 2 heterocycles. The summed E-state index contributed by atoms with van der Waals surface area (Å²) in [4.78, 5) is 19.9. The number of unbranched alkanes of at least 4 members (excludes halogenated alkanes) is 3. The van der Waals surface area contributed by atoms with Crippen LogP contribution < -0.4 is 10.6 Å². The molecule has 9 heteroatoms. The first-order chi connectivity index (χ1) is 13.2. The van der Waals surface area contributed by atoms with Crippen molar-refractivity contribution in [2.24, 2.45) is 4.99 Å². The van der Waals surface area contributed by atoms with Gasteiger partial charge < -0.3 is 20.1 Å². The number of aromatic nitrogens is 3. The van der Waals surface area contributed by atoms with Crippen molar-refractivity contribution >= 4 is 11.9 Å². The molecule has 1 aliphatic rings. The Morgan fingerprint density at radius 3 is 2.85 bits per heavy atom. The summed E-state index contributed by atoms with van der Waals surface area (Å²) in [5, 5.41) is 11.3. The molecule has 2 rings (SSSR count). The maximum absolute atomic E-state index is 11.1. The second kappa shape index (κ2) is 11.5. The van der Waals surface area contributed by atoms with Crippen LogP contribution >= 0.6 is 0 Å². The number of hydrogen-bond acceptors (Lipinski definition) is 6. The molecule has 0 aromatic carbocycles. The third-order valence-electron chi connectivity index (χ3n) is 4.57. The molecule has 1 aliphatic heterocycles. The van der Waals surface area contributed by atoms with Crippen LogP contribution in [0.15, 0.2) is 4.99 Å². The summed E-state index contributed by atoms with van der Waals surface area (Å²) in [6.45, 7) is 2.08. The van der Waals surface area contributed by atoms with Crippen molar-refractivity contribution in [1.29, 1.82) is 0 Å². The molecule has 0 fully saturated rings. The van der Waals surface area contributed by atoms with Crippen LogP contribution in [-0.2, 0) is 33.8 Å². The summed E-state index contributed by atoms with van der Waals surface area (Å²) >= 11 is 0. The number of rotatable bonds is 10. The van der Waals surface area contributed by atoms with Crippen molar-refractivity contribution in [2.75, 3.05) is 27.8 Å². The molecule has 1 aromatic heterocycles. The zero-order valence-corrected chi connectivity index (χ0v) is 16.7. The van der Waals surface area contributed by atoms with Crippen molar-refractivity contribution in [2.45, 2.75) is 64.1 Å². The number of hydrogen-bond donors (Lipinski definition) is 2. The highest BCUT2D eigenvalue weighted by Crippen LogP contribution is 2.13. The smallest absolute Gasteiger partial charge is 0.305 e. The van der Waals surface area contributed by atoms with Gasteiger partial charge in [0.05, 0.1) is 13.7 Å². The number of carbonyl (C=O) groups excluding carboxylic acids is 1. The predicted octanol–water partition coefficient (Wildman–Crippen LogP) is 1.03. The van der Waals surface area contributed by atoms with E-state index in [-0.39, 0.29) is 12.0 Å². The lowest BCUT2D eigenvalue weighted by molar-refractivity contribution is -0.140. The summed E-state index contributed by atoms with van der Waals surface area (Å²) in [6, 6.07) is 0.279. The normalized spacial score (nSPS) is 16.7. The van der Waals surface area contributed by atoms with Crippen molar-refractivity contribution in [3.05, 3.63) is 11.6 Å². The summed E-state index contributed by atoms with van der Waals surface area (Å²) < 4.78 is 11.7. The maximum atomic E-state index is 11.1. The number of aliphatic imine (C=N–C) groups is 1. The SMILES string of the molecule is CN=C(NCCCCCCC(=O)OC)NC1CCc2nc(COC)nn2C1. The van der Waals surface area contributed by atoms with Crippen LogP contribution in [0.5, 0.6) is 0 Å². The second-order valence-electron chi connectivity index (χ2n) is 6.68. The van der Waals surface area contributed by atoms with Gasteiger partial charge >= 0.3 is 5.97 Å². The van der Waals surface area contributed by atoms with Gasteiger partial charge in [0.2, 0.25) is 0 Å². The fourth-order valence-electron chi connectivity index (χ4n) is 3.11. The number of fused-ring (bicyclic) bond motifs is 1. The number of methoxy groups -OCH3 is 2. The van der Waals surface area contributed by atoms with E-state index in [0.717, 1.165) is 69.2 Å². The molecule has 152 valence electrons. The highest BCUT2D eigenvalue weighted by Gasteiger charge is 2.22. The van der Waals surface area contributed by atoms with E-state index in [1.807, 2.05) is 4.68 Å². The zero-order valence-electron chi connectivity index (χ0n) is 16.7. The third kappa shape index (κ3) is 7.16. The molecule has 0 spiro atoms. The molecule has 27 heavy (non-hydrogen) atoms. The van der Waals surface area contributed by atoms with E-state index in [1.54, 1.807) is 14.2 Å². The number of carbonyl (C=O) groups is 1. The largest absolute Gasteiger partial charge is 0.469 e. The lowest BCUT2D eigenvalue weighted by atomic mass is 10.1. The molecule has 1 aromatic rings. The first-order valence-electron chi connectivity index (χ1n) is 9.61. The van der Waals surface area contributed by atoms with Gasteiger partial charge in [-0.05, 0) is 19.3 Å². The molecular formula is C18H32N6O3. The zero-order chi connectivity index (χ0) is 19.5. The molecule has 0 amide bonds. The number of esters is 1. The monoisotopic (exact) mass is 380 g/mol. The molecule has 2 N–H and O–H groups in total. The molecule has 0 saturated carbocycles. The lowest BCUT2D eigenvalue weighted by Gasteiger charge is -2.25. The molecule has 1 atom stereocenters. The first kappa shape index (κ1) is 21.1. The number of nitrogens with one attached hydrogen (secondary N) is 2. The van der Waals surface area contributed by atoms with Crippen molar-refractivity contribution in [3.8, 4) is 0 Å². The minimum atomic E-state index is -0.130. The Morgan fingerprint density at radius 1 is 1.30 bits per heavy atom. The minimum absolute atomic E-state index is 0.130. The first-order valence-corrected chi connectivity index (χ1v) is 9.61. The van der Waals surface area contributed by atoms with Crippen LogP contribution in [0, 0.1) is 0 Å². The molecule has 1 unspecified atom stereocenters. The van der Waals surface area contributed by atoms with E-state index >= 15 is 0 Å². The summed E-state index contributed by atoms with van der Waals surface area (Å²) in [6.07, 6.45) is 6.43. The van der Waals surface area contributed by atoms with Gasteiger partial charge in [0.25, 0.3) is 0 Å². The molecule has 0 saturated heterocycles. The Kier molecular flexibility index (Phi) is 9.03. The van der Waals surface area contributed by atoms with E-state index in [9.17, 15) is 4.79 Å². The topological polar surface area (TPSA) is 103 Å². The van der Waals surface area contributed by atoms with Crippen LogP contribution in [-0.4, -0.2) is 60.5 Å². The Morgan fingerprint density at radius 2 is 2.11 bits per heavy atom. The van der Waals surface area contributed by atoms with E-state index in [2.05, 4.69) is 30.4 Å². The molecule has 0 aliphatic carbocycles. The fourth-order valence-corrected chi connectivity index (χ4v) is 3.11. The quantitative estimate of drug-likeness (QED) is 0.270. The predicted molar refractivity (Wildman–Crippen MR) is 102 cm³/mol. The van der Waals surface area contributed by atoms with Gasteiger partial charge in [0, 0.05) is 39.6 Å². The average Bonchev–Trinajstić information content (AvgIpc) is 3.07. The molecular weight excluding hydrogens is 348 g/mol. The Bertz CT molecular complexity index is 616. The van der Waals surface area contributed by atoms with Gasteiger partial charge in [0.15, 0.2) is 11.8 Å². The summed E-state index contributed by atoms with van der Waals surface area (Å²) in [5.74, 6) is 2.45. The van der Waals surface area contributed by atoms with Crippen LogP contribution in [0.1, 0.15) is 50.2 Å². The fraction of sp³-hybridized carbons (Fsp3) is 0.778. The number of aryl methyl sites for hydroxylation is 1. The van der Waals surface area contributed by atoms with Gasteiger partial charge in [-0.1, -0.05) is 12.8 Å². The lowest BCUT2D eigenvalue weighted by Crippen LogP contribution is -2.47. The highest BCUT2D eigenvalue weighted by atomic mass is 16.5. The Balaban J connectivity index is 1.64. The van der Waals surface area contributed by atoms with Gasteiger partial charge in [-0.25, -0.2) is 9.67 Å². The third-order valence-corrected chi connectivity index (χ3v) is 4.57. The van der Waals surface area contributed by atoms with Gasteiger partial charge in [0.1, 0.15) is 12.4 Å². The van der Waals surface area contributed by atoms with Gasteiger partial charge in [-0.15, -0.1) is 0 Å². The number of ether oxygens (including phenoxy) is 2. The number of guanidine groups is 1. The van der Waals surface area contributed by atoms with E-state index < -0.39 is 0 Å². The van der Waals surface area contributed by atoms with Crippen molar-refractivity contribution in [1.82, 2.24) is 25.4 Å². The highest BCUT2D eigenvalue weighted by molar-refractivity contribution is 5.79. The standard InChI is InChI=1S/C18H32N6O3/c1-19-18(20-11-7-5-4-6-8-17(25)27-3)21-14-9-10-16-22-15(13-26-2)23-24(16)12-14/h14H,4-13H2,1-3H3,(H2,19,20,21). The van der Waals surface area contributed by atoms with E-state index in [0.29, 0.717) is 13.0 Å². The van der Waals surface area contributed by atoms with E-state index in [1.165, 1.54) is 7.11 Å². The summed E-state index contributed by atoms with van der Waals surface area (Å²) in [5.41, 5.74) is 0. The van der Waals surface area contributed by atoms with Gasteiger partial charge in [-0.2, -0.15) is 5.10 Å². The van der Waals surface area contributed by atoms with E-state index in [4.69, 9.17) is 4.74 Å². The Labute approximate surface area is 160 Å². The second-order valence-corrected chi connectivity index (χ2v) is 6.68. The van der Waals surface area contributed by atoms with Crippen molar-refractivity contribution in [3.63, 3.8) is 0 Å². The van der Waals surface area contributed by atoms with Crippen molar-refractivity contribution < 1.29 is 14.3 Å². The molecule has 0 radical (unpaired) electrons. The minimum Gasteiger partial charge on any atom is -0.469 e. The average molecular weight is 380 g/mol. The van der Waals surface area contributed by atoms with Crippen LogP contribution in [0.2, 0.25) is 0 Å². The number of nitrogens with zero attached hydrogens (tertiary/aromatic N) is 4. The maximum Gasteiger partial charge on any atom is 0.305 e. The molecule has 9 nitrogen and oxygen atoms in total. The summed E-state index contributed by atoms with van der Waals surface area (Å²) in [7, 11) is 4.87. The van der Waals surface area contributed by atoms with Crippen LogP contribution in [0.25, 0.3) is 0 Å². The molecule has 0 bridgehead atoms. The van der Waals surface area contributed by atoms with Gasteiger partial charge in [-0.3, -0.25) is 9.79 Å². The van der Waals surface area contributed by atoms with Crippen LogP contribution in [0.3, 0.4) is 0 Å².